The predicted octanol–water partition coefficient (Wildman–Crippen LogP) is 4.57. The van der Waals surface area contributed by atoms with Gasteiger partial charge in [0.1, 0.15) is 5.56 Å². The molecule has 0 bridgehead atoms. The van der Waals surface area contributed by atoms with Crippen LogP contribution in [0.1, 0.15) is 27.0 Å². The third-order valence-corrected chi connectivity index (χ3v) is 6.87. The van der Waals surface area contributed by atoms with E-state index in [0.717, 1.165) is 11.1 Å². The largest absolute Gasteiger partial charge is 0.322 e. The number of carbonyl (C=O) groups is 1. The number of nitrogens with one attached hydrogen (secondary N) is 2. The summed E-state index contributed by atoms with van der Waals surface area (Å²) in [5.41, 5.74) is 3.00. The Morgan fingerprint density at radius 3 is 2.40 bits per heavy atom. The van der Waals surface area contributed by atoms with Crippen LogP contribution < -0.4 is 15.6 Å². The van der Waals surface area contributed by atoms with Gasteiger partial charge in [-0.25, -0.2) is 8.42 Å². The van der Waals surface area contributed by atoms with Crippen LogP contribution >= 0.6 is 0 Å². The number of aromatic nitrogens is 1. The molecule has 35 heavy (non-hydrogen) atoms. The van der Waals surface area contributed by atoms with Gasteiger partial charge in [-0.2, -0.15) is 0 Å². The predicted molar refractivity (Wildman–Crippen MR) is 137 cm³/mol. The molecule has 1 heterocycles. The zero-order valence-corrected chi connectivity index (χ0v) is 20.2. The molecule has 0 aliphatic carbocycles. The lowest BCUT2D eigenvalue weighted by molar-refractivity contribution is 0.102. The molecule has 0 spiro atoms. The van der Waals surface area contributed by atoms with Gasteiger partial charge in [0, 0.05) is 11.9 Å². The minimum Gasteiger partial charge on any atom is -0.322 e. The van der Waals surface area contributed by atoms with Gasteiger partial charge < -0.3 is 9.88 Å². The molecule has 1 aromatic heterocycles. The second-order valence-corrected chi connectivity index (χ2v) is 9.93. The molecular formula is C27H25N3O4S. The molecule has 0 saturated carbocycles. The quantitative estimate of drug-likeness (QED) is 0.399. The van der Waals surface area contributed by atoms with E-state index in [9.17, 15) is 18.0 Å². The molecule has 0 saturated heterocycles. The van der Waals surface area contributed by atoms with Crippen molar-refractivity contribution in [2.24, 2.45) is 0 Å². The van der Waals surface area contributed by atoms with Crippen LogP contribution in [0.3, 0.4) is 0 Å². The van der Waals surface area contributed by atoms with Crippen LogP contribution in [-0.4, -0.2) is 18.9 Å². The number of hydrogen-bond donors (Lipinski definition) is 2. The highest BCUT2D eigenvalue weighted by molar-refractivity contribution is 7.92. The number of aryl methyl sites for hydroxylation is 2. The SMILES string of the molecule is Cc1cccc(Cn2cccc(C(=O)Nc3ccc(C)c(NS(=O)(=O)c4ccccc4)c3)c2=O)c1. The minimum absolute atomic E-state index is 0.00727. The summed E-state index contributed by atoms with van der Waals surface area (Å²) in [7, 11) is -3.79. The van der Waals surface area contributed by atoms with E-state index in [1.54, 1.807) is 49.5 Å². The van der Waals surface area contributed by atoms with Crippen molar-refractivity contribution in [3.05, 3.63) is 124 Å². The van der Waals surface area contributed by atoms with Crippen LogP contribution in [-0.2, 0) is 16.6 Å². The van der Waals surface area contributed by atoms with Gasteiger partial charge in [-0.1, -0.05) is 54.1 Å². The Labute approximate surface area is 204 Å². The van der Waals surface area contributed by atoms with E-state index >= 15 is 0 Å². The Morgan fingerprint density at radius 2 is 1.66 bits per heavy atom. The fourth-order valence-corrected chi connectivity index (χ4v) is 4.80. The van der Waals surface area contributed by atoms with E-state index < -0.39 is 21.5 Å². The van der Waals surface area contributed by atoms with Crippen LogP contribution in [0.25, 0.3) is 0 Å². The number of benzene rings is 3. The lowest BCUT2D eigenvalue weighted by atomic mass is 10.1. The number of rotatable bonds is 7. The third-order valence-electron chi connectivity index (χ3n) is 5.49. The first-order valence-corrected chi connectivity index (χ1v) is 12.5. The molecule has 4 aromatic rings. The van der Waals surface area contributed by atoms with Gasteiger partial charge in [0.05, 0.1) is 17.1 Å². The molecule has 2 N–H and O–H groups in total. The summed E-state index contributed by atoms with van der Waals surface area (Å²) < 4.78 is 29.5. The lowest BCUT2D eigenvalue weighted by Gasteiger charge is -2.13. The molecular weight excluding hydrogens is 462 g/mol. The van der Waals surface area contributed by atoms with Crippen molar-refractivity contribution in [1.29, 1.82) is 0 Å². The van der Waals surface area contributed by atoms with E-state index in [0.29, 0.717) is 23.5 Å². The number of nitrogens with zero attached hydrogens (tertiary/aromatic N) is 1. The highest BCUT2D eigenvalue weighted by Gasteiger charge is 2.17. The average Bonchev–Trinajstić information content (AvgIpc) is 2.83. The second kappa shape index (κ2) is 9.99. The molecule has 0 aliphatic rings. The first-order valence-electron chi connectivity index (χ1n) is 11.0. The van der Waals surface area contributed by atoms with Gasteiger partial charge in [-0.05, 0) is 61.4 Å². The minimum atomic E-state index is -3.79. The number of carbonyl (C=O) groups excluding carboxylic acids is 1. The number of sulfonamides is 1. The Balaban J connectivity index is 1.55. The van der Waals surface area contributed by atoms with Gasteiger partial charge in [0.15, 0.2) is 0 Å². The van der Waals surface area contributed by atoms with Gasteiger partial charge >= 0.3 is 0 Å². The summed E-state index contributed by atoms with van der Waals surface area (Å²) in [5.74, 6) is -0.575. The fourth-order valence-electron chi connectivity index (χ4n) is 3.65. The van der Waals surface area contributed by atoms with Gasteiger partial charge in [0.2, 0.25) is 0 Å². The summed E-state index contributed by atoms with van der Waals surface area (Å²) >= 11 is 0. The number of hydrogen-bond acceptors (Lipinski definition) is 4. The molecule has 0 radical (unpaired) electrons. The first kappa shape index (κ1) is 24.0. The molecule has 3 aromatic carbocycles. The maximum atomic E-state index is 13.0. The third kappa shape index (κ3) is 5.67. The van der Waals surface area contributed by atoms with Crippen LogP contribution in [0.5, 0.6) is 0 Å². The summed E-state index contributed by atoms with van der Waals surface area (Å²) in [6, 6.07) is 23.8. The van der Waals surface area contributed by atoms with Gasteiger partial charge in [0.25, 0.3) is 21.5 Å². The molecule has 1 amide bonds. The van der Waals surface area contributed by atoms with Crippen LogP contribution in [0.2, 0.25) is 0 Å². The molecule has 4 rings (SSSR count). The monoisotopic (exact) mass is 487 g/mol. The second-order valence-electron chi connectivity index (χ2n) is 8.25. The van der Waals surface area contributed by atoms with Crippen LogP contribution in [0.15, 0.2) is 101 Å². The average molecular weight is 488 g/mol. The van der Waals surface area contributed by atoms with Gasteiger partial charge in [-0.15, -0.1) is 0 Å². The highest BCUT2D eigenvalue weighted by atomic mass is 32.2. The standard InChI is InChI=1S/C27H25N3O4S/c1-19-8-6-9-21(16-19)18-30-15-7-12-24(27(30)32)26(31)28-22-14-13-20(2)25(17-22)29-35(33,34)23-10-4-3-5-11-23/h3-17,29H,18H2,1-2H3,(H,28,31). The van der Waals surface area contributed by atoms with Crippen LogP contribution in [0.4, 0.5) is 11.4 Å². The zero-order valence-electron chi connectivity index (χ0n) is 19.4. The summed E-state index contributed by atoms with van der Waals surface area (Å²) in [4.78, 5) is 26.0. The van der Waals surface area contributed by atoms with Crippen molar-refractivity contribution in [2.75, 3.05) is 10.0 Å². The summed E-state index contributed by atoms with van der Waals surface area (Å²) in [6.45, 7) is 4.08. The van der Waals surface area contributed by atoms with E-state index in [1.165, 1.54) is 28.8 Å². The molecule has 0 atom stereocenters. The normalized spacial score (nSPS) is 11.1. The van der Waals surface area contributed by atoms with Crippen LogP contribution in [0, 0.1) is 13.8 Å². The topological polar surface area (TPSA) is 97.3 Å². The van der Waals surface area contributed by atoms with E-state index in [4.69, 9.17) is 0 Å². The van der Waals surface area contributed by atoms with E-state index in [1.807, 2.05) is 31.2 Å². The Hall–Kier alpha value is -4.17. The maximum absolute atomic E-state index is 13.0. The molecule has 8 heteroatoms. The van der Waals surface area contributed by atoms with Crippen molar-refractivity contribution >= 4 is 27.3 Å². The smallest absolute Gasteiger partial charge is 0.263 e. The van der Waals surface area contributed by atoms with Gasteiger partial charge in [-0.3, -0.25) is 14.3 Å². The maximum Gasteiger partial charge on any atom is 0.263 e. The number of anilines is 2. The highest BCUT2D eigenvalue weighted by Crippen LogP contribution is 2.24. The van der Waals surface area contributed by atoms with E-state index in [2.05, 4.69) is 10.0 Å². The molecule has 178 valence electrons. The molecule has 0 fully saturated rings. The molecule has 0 unspecified atom stereocenters. The van der Waals surface area contributed by atoms with Crippen molar-refractivity contribution in [2.45, 2.75) is 25.3 Å². The number of amides is 1. The molecule has 0 aliphatic heterocycles. The van der Waals surface area contributed by atoms with Crippen molar-refractivity contribution in [1.82, 2.24) is 4.57 Å². The van der Waals surface area contributed by atoms with Crippen molar-refractivity contribution in [3.63, 3.8) is 0 Å². The Kier molecular flexibility index (Phi) is 6.84. The fraction of sp³-hybridized carbons (Fsp3) is 0.111. The van der Waals surface area contributed by atoms with Crippen molar-refractivity contribution in [3.8, 4) is 0 Å². The lowest BCUT2D eigenvalue weighted by Crippen LogP contribution is -2.29. The molecule has 7 nitrogen and oxygen atoms in total. The Morgan fingerprint density at radius 1 is 0.886 bits per heavy atom. The summed E-state index contributed by atoms with van der Waals surface area (Å²) in [5, 5.41) is 2.71. The first-order chi connectivity index (χ1) is 16.7. The number of pyridine rings is 1. The summed E-state index contributed by atoms with van der Waals surface area (Å²) in [6.07, 6.45) is 1.64. The van der Waals surface area contributed by atoms with E-state index in [-0.39, 0.29) is 10.5 Å². The zero-order chi connectivity index (χ0) is 25.0. The van der Waals surface area contributed by atoms with Crippen molar-refractivity contribution < 1.29 is 13.2 Å². The Bertz CT molecular complexity index is 1540.